The molecule has 0 spiro atoms. The summed E-state index contributed by atoms with van der Waals surface area (Å²) in [5.41, 5.74) is 3.22. The van der Waals surface area contributed by atoms with Crippen LogP contribution in [0.15, 0.2) is 18.2 Å². The molecule has 1 aliphatic rings. The molecule has 0 aromatic heterocycles. The molecule has 2 rings (SSSR count). The van der Waals surface area contributed by atoms with Gasteiger partial charge in [0.2, 0.25) is 0 Å². The van der Waals surface area contributed by atoms with Gasteiger partial charge >= 0.3 is 6.18 Å². The second-order valence-electron chi connectivity index (χ2n) is 5.29. The highest BCUT2D eigenvalue weighted by Gasteiger charge is 2.39. The van der Waals surface area contributed by atoms with E-state index in [2.05, 4.69) is 0 Å². The molecular formula is C13H15F3N2O3. The van der Waals surface area contributed by atoms with Crippen molar-refractivity contribution in [1.82, 2.24) is 0 Å². The zero-order valence-electron chi connectivity index (χ0n) is 11.2. The number of hydrogen-bond donors (Lipinski definition) is 1. The van der Waals surface area contributed by atoms with Gasteiger partial charge in [0, 0.05) is 6.07 Å². The van der Waals surface area contributed by atoms with Crippen molar-refractivity contribution in [1.29, 1.82) is 0 Å². The highest BCUT2D eigenvalue weighted by atomic mass is 19.4. The lowest BCUT2D eigenvalue weighted by molar-refractivity contribution is -0.388. The largest absolute Gasteiger partial charge is 0.492 e. The molecule has 0 aliphatic heterocycles. The molecule has 0 radical (unpaired) electrons. The minimum absolute atomic E-state index is 0.0651. The van der Waals surface area contributed by atoms with Crippen molar-refractivity contribution < 1.29 is 22.8 Å². The van der Waals surface area contributed by atoms with Crippen molar-refractivity contribution in [3.63, 3.8) is 0 Å². The van der Waals surface area contributed by atoms with E-state index in [1.54, 1.807) is 0 Å². The van der Waals surface area contributed by atoms with Crippen LogP contribution < -0.4 is 10.5 Å². The van der Waals surface area contributed by atoms with Gasteiger partial charge in [-0.05, 0) is 25.0 Å². The molecule has 1 aromatic rings. The predicted octanol–water partition coefficient (Wildman–Crippen LogP) is 3.26. The number of alkyl halides is 3. The molecule has 1 aliphatic carbocycles. The van der Waals surface area contributed by atoms with Crippen LogP contribution in [0, 0.1) is 10.1 Å². The molecular weight excluding hydrogens is 289 g/mol. The number of nitro groups is 1. The number of hydrogen-bond acceptors (Lipinski definition) is 4. The maximum atomic E-state index is 12.8. The molecule has 0 atom stereocenters. The van der Waals surface area contributed by atoms with Crippen LogP contribution in [-0.4, -0.2) is 17.1 Å². The molecule has 1 aromatic carbocycles. The number of ether oxygens (including phenoxy) is 1. The topological polar surface area (TPSA) is 78.4 Å². The number of nitro benzene ring substituents is 1. The number of nitrogens with two attached hydrogens (primary N) is 1. The summed E-state index contributed by atoms with van der Waals surface area (Å²) in [6.45, 7) is 0.0993. The molecule has 8 heteroatoms. The van der Waals surface area contributed by atoms with Crippen LogP contribution in [0.25, 0.3) is 0 Å². The van der Waals surface area contributed by atoms with Crippen molar-refractivity contribution in [2.45, 2.75) is 37.4 Å². The van der Waals surface area contributed by atoms with Crippen LogP contribution in [0.1, 0.15) is 31.2 Å². The fourth-order valence-electron chi connectivity index (χ4n) is 2.44. The van der Waals surface area contributed by atoms with E-state index in [1.165, 1.54) is 0 Å². The van der Waals surface area contributed by atoms with Gasteiger partial charge in [-0.25, -0.2) is 0 Å². The maximum Gasteiger partial charge on any atom is 0.423 e. The number of nitrogens with zero attached hydrogens (tertiary/aromatic N) is 1. The molecule has 1 saturated carbocycles. The summed E-state index contributed by atoms with van der Waals surface area (Å²) in [5.74, 6) is -0.0651. The van der Waals surface area contributed by atoms with Crippen molar-refractivity contribution >= 4 is 5.69 Å². The molecule has 1 fully saturated rings. The lowest BCUT2D eigenvalue weighted by Crippen LogP contribution is -2.42. The SMILES string of the molecule is NC1(COc2ccc([N+](=O)[O-])c(C(F)(F)F)c2)CCCC1. The van der Waals surface area contributed by atoms with E-state index in [0.29, 0.717) is 6.07 Å². The maximum absolute atomic E-state index is 12.8. The summed E-state index contributed by atoms with van der Waals surface area (Å²) in [6, 6.07) is 2.61. The van der Waals surface area contributed by atoms with Gasteiger partial charge in [0.25, 0.3) is 5.69 Å². The molecule has 0 amide bonds. The van der Waals surface area contributed by atoms with Gasteiger partial charge < -0.3 is 10.5 Å². The second-order valence-corrected chi connectivity index (χ2v) is 5.29. The first kappa shape index (κ1) is 15.6. The first-order valence-electron chi connectivity index (χ1n) is 6.49. The average Bonchev–Trinajstić information content (AvgIpc) is 2.82. The van der Waals surface area contributed by atoms with E-state index in [1.807, 2.05) is 0 Å². The highest BCUT2D eigenvalue weighted by Crippen LogP contribution is 2.38. The summed E-state index contributed by atoms with van der Waals surface area (Å²) >= 11 is 0. The zero-order chi connectivity index (χ0) is 15.7. The monoisotopic (exact) mass is 304 g/mol. The summed E-state index contributed by atoms with van der Waals surface area (Å²) < 4.78 is 43.8. The Morgan fingerprint density at radius 2 is 1.95 bits per heavy atom. The third-order valence-electron chi connectivity index (χ3n) is 3.60. The van der Waals surface area contributed by atoms with Crippen molar-refractivity contribution in [2.75, 3.05) is 6.61 Å². The molecule has 0 saturated heterocycles. The summed E-state index contributed by atoms with van der Waals surface area (Å²) in [7, 11) is 0. The first-order valence-corrected chi connectivity index (χ1v) is 6.49. The molecule has 5 nitrogen and oxygen atoms in total. The van der Waals surface area contributed by atoms with E-state index in [4.69, 9.17) is 10.5 Å². The van der Waals surface area contributed by atoms with Gasteiger partial charge in [-0.2, -0.15) is 13.2 Å². The fraction of sp³-hybridized carbons (Fsp3) is 0.538. The lowest BCUT2D eigenvalue weighted by Gasteiger charge is -2.23. The summed E-state index contributed by atoms with van der Waals surface area (Å²) in [6.07, 6.45) is -1.37. The average molecular weight is 304 g/mol. The minimum atomic E-state index is -4.81. The lowest BCUT2D eigenvalue weighted by atomic mass is 10.0. The molecule has 116 valence electrons. The second kappa shape index (κ2) is 5.51. The molecule has 2 N–H and O–H groups in total. The van der Waals surface area contributed by atoms with Crippen LogP contribution in [0.3, 0.4) is 0 Å². The van der Waals surface area contributed by atoms with Gasteiger partial charge in [0.05, 0.1) is 10.5 Å². The van der Waals surface area contributed by atoms with Crippen molar-refractivity contribution in [3.05, 3.63) is 33.9 Å². The Kier molecular flexibility index (Phi) is 4.08. The predicted molar refractivity (Wildman–Crippen MR) is 69.0 cm³/mol. The van der Waals surface area contributed by atoms with E-state index < -0.39 is 27.9 Å². The highest BCUT2D eigenvalue weighted by molar-refractivity contribution is 5.47. The van der Waals surface area contributed by atoms with Gasteiger partial charge in [-0.1, -0.05) is 12.8 Å². The van der Waals surface area contributed by atoms with E-state index in [9.17, 15) is 23.3 Å². The molecule has 0 heterocycles. The molecule has 0 unspecified atom stereocenters. The van der Waals surface area contributed by atoms with Crippen LogP contribution >= 0.6 is 0 Å². The van der Waals surface area contributed by atoms with E-state index in [0.717, 1.165) is 37.8 Å². The van der Waals surface area contributed by atoms with E-state index in [-0.39, 0.29) is 12.4 Å². The Balaban J connectivity index is 2.19. The third-order valence-corrected chi connectivity index (χ3v) is 3.60. The Labute approximate surface area is 119 Å². The van der Waals surface area contributed by atoms with Crippen LogP contribution in [0.2, 0.25) is 0 Å². The van der Waals surface area contributed by atoms with Crippen molar-refractivity contribution in [3.8, 4) is 5.75 Å². The fourth-order valence-corrected chi connectivity index (χ4v) is 2.44. The van der Waals surface area contributed by atoms with E-state index >= 15 is 0 Å². The third kappa shape index (κ3) is 3.63. The minimum Gasteiger partial charge on any atom is -0.492 e. The normalized spacial score (nSPS) is 17.7. The standard InChI is InChI=1S/C13H15F3N2O3/c14-13(15,16)10-7-9(3-4-11(10)18(19)20)21-8-12(17)5-1-2-6-12/h3-4,7H,1-2,5-6,8,17H2. The summed E-state index contributed by atoms with van der Waals surface area (Å²) in [5, 5.41) is 10.6. The van der Waals surface area contributed by atoms with Crippen LogP contribution in [0.4, 0.5) is 18.9 Å². The first-order chi connectivity index (χ1) is 9.71. The number of rotatable bonds is 4. The Morgan fingerprint density at radius 1 is 1.33 bits per heavy atom. The zero-order valence-corrected chi connectivity index (χ0v) is 11.2. The number of halogens is 3. The smallest absolute Gasteiger partial charge is 0.423 e. The summed E-state index contributed by atoms with van der Waals surface area (Å²) in [4.78, 5) is 9.58. The Bertz CT molecular complexity index is 540. The van der Waals surface area contributed by atoms with Crippen LogP contribution in [-0.2, 0) is 6.18 Å². The van der Waals surface area contributed by atoms with Gasteiger partial charge in [-0.3, -0.25) is 10.1 Å². The Hall–Kier alpha value is -1.83. The molecule has 21 heavy (non-hydrogen) atoms. The van der Waals surface area contributed by atoms with Gasteiger partial charge in [0.1, 0.15) is 17.9 Å². The van der Waals surface area contributed by atoms with Gasteiger partial charge in [0.15, 0.2) is 0 Å². The van der Waals surface area contributed by atoms with Gasteiger partial charge in [-0.15, -0.1) is 0 Å². The molecule has 0 bridgehead atoms. The van der Waals surface area contributed by atoms with Crippen molar-refractivity contribution in [2.24, 2.45) is 5.73 Å². The van der Waals surface area contributed by atoms with Crippen LogP contribution in [0.5, 0.6) is 5.75 Å². The quantitative estimate of drug-likeness (QED) is 0.684. The number of benzene rings is 1. The Morgan fingerprint density at radius 3 is 2.48 bits per heavy atom.